The van der Waals surface area contributed by atoms with Crippen molar-refractivity contribution in [1.82, 2.24) is 20.2 Å². The molecule has 3 aromatic carbocycles. The molecule has 6 rings (SSSR count). The Morgan fingerprint density at radius 3 is 2.16 bits per heavy atom. The maximum atomic E-state index is 13.8. The third-order valence-electron chi connectivity index (χ3n) is 12.0. The van der Waals surface area contributed by atoms with Gasteiger partial charge in [-0.3, -0.25) is 19.2 Å². The van der Waals surface area contributed by atoms with Gasteiger partial charge in [-0.2, -0.15) is 13.2 Å². The van der Waals surface area contributed by atoms with Gasteiger partial charge in [-0.15, -0.1) is 0 Å². The Kier molecular flexibility index (Phi) is 14.6. The zero-order chi connectivity index (χ0) is 43.7. The van der Waals surface area contributed by atoms with Crippen molar-refractivity contribution in [2.24, 2.45) is 17.8 Å². The lowest BCUT2D eigenvalue weighted by Gasteiger charge is -2.35. The summed E-state index contributed by atoms with van der Waals surface area (Å²) in [5.41, 5.74) is 2.93. The molecule has 3 N–H and O–H groups in total. The van der Waals surface area contributed by atoms with Crippen molar-refractivity contribution in [1.29, 1.82) is 0 Å². The molecule has 0 spiro atoms. The SMILES string of the molecule is CC[C@H]1CC[C@H](C2CC=C(c3cnc(-c4ccc(CN(CC(=O)N[C@H](C)C(=O)O)C(=O)c5ccc(NC(=O)Cc6ccc(OC)cc6C(F)(F)F)cc5)cc4)nc3)CC2)CC1. The van der Waals surface area contributed by atoms with Crippen LogP contribution in [0, 0.1) is 17.8 Å². The maximum absolute atomic E-state index is 13.8. The molecule has 1 aromatic heterocycles. The molecule has 1 heterocycles. The molecule has 2 aliphatic rings. The van der Waals surface area contributed by atoms with Gasteiger partial charge in [0.2, 0.25) is 11.8 Å². The third-order valence-corrected chi connectivity index (χ3v) is 12.0. The lowest BCUT2D eigenvalue weighted by atomic mass is 9.71. The number of anilines is 1. The molecule has 4 aromatic rings. The second-order valence-electron chi connectivity index (χ2n) is 16.1. The highest BCUT2D eigenvalue weighted by atomic mass is 19.4. The number of carbonyl (C=O) groups excluding carboxylic acids is 3. The first-order chi connectivity index (χ1) is 29.2. The number of methoxy groups -OCH3 is 1. The van der Waals surface area contributed by atoms with Gasteiger partial charge in [0, 0.05) is 41.3 Å². The van der Waals surface area contributed by atoms with Crippen molar-refractivity contribution in [3.8, 4) is 17.1 Å². The summed E-state index contributed by atoms with van der Waals surface area (Å²) in [7, 11) is 1.25. The summed E-state index contributed by atoms with van der Waals surface area (Å²) >= 11 is 0. The highest BCUT2D eigenvalue weighted by Gasteiger charge is 2.34. The first kappa shape index (κ1) is 44.5. The molecule has 0 aliphatic heterocycles. The average molecular weight is 840 g/mol. The van der Waals surface area contributed by atoms with E-state index in [4.69, 9.17) is 4.74 Å². The van der Waals surface area contributed by atoms with E-state index in [1.165, 1.54) is 99.4 Å². The molecule has 11 nitrogen and oxygen atoms in total. The minimum absolute atomic E-state index is 0.00613. The number of halogens is 3. The van der Waals surface area contributed by atoms with Gasteiger partial charge in [0.05, 0.1) is 19.1 Å². The van der Waals surface area contributed by atoms with Crippen LogP contribution in [-0.2, 0) is 33.5 Å². The van der Waals surface area contributed by atoms with E-state index in [9.17, 15) is 37.5 Å². The van der Waals surface area contributed by atoms with Gasteiger partial charge in [0.15, 0.2) is 5.82 Å². The third kappa shape index (κ3) is 11.8. The van der Waals surface area contributed by atoms with Crippen molar-refractivity contribution in [3.63, 3.8) is 0 Å². The average Bonchev–Trinajstić information content (AvgIpc) is 3.26. The van der Waals surface area contributed by atoms with E-state index in [2.05, 4.69) is 33.6 Å². The van der Waals surface area contributed by atoms with Crippen LogP contribution in [0.1, 0.15) is 97.8 Å². The fraction of sp³-hybridized carbons (Fsp3) is 0.404. The van der Waals surface area contributed by atoms with E-state index in [0.717, 1.165) is 47.8 Å². The van der Waals surface area contributed by atoms with Crippen molar-refractivity contribution >= 4 is 35.0 Å². The topological polar surface area (TPSA) is 151 Å². The number of benzene rings is 3. The molecule has 3 amide bonds. The fourth-order valence-electron chi connectivity index (χ4n) is 8.31. The van der Waals surface area contributed by atoms with Crippen molar-refractivity contribution in [2.45, 2.75) is 90.4 Å². The molecule has 1 fully saturated rings. The minimum Gasteiger partial charge on any atom is -0.497 e. The second kappa shape index (κ2) is 20.0. The predicted molar refractivity (Wildman–Crippen MR) is 225 cm³/mol. The highest BCUT2D eigenvalue weighted by Crippen LogP contribution is 2.42. The van der Waals surface area contributed by atoms with Crippen molar-refractivity contribution in [3.05, 3.63) is 113 Å². The Balaban J connectivity index is 1.10. The Labute approximate surface area is 353 Å². The molecule has 0 bridgehead atoms. The van der Waals surface area contributed by atoms with Gasteiger partial charge in [-0.25, -0.2) is 9.97 Å². The van der Waals surface area contributed by atoms with Crippen LogP contribution in [0.15, 0.2) is 85.2 Å². The van der Waals surface area contributed by atoms with Gasteiger partial charge >= 0.3 is 12.1 Å². The molecule has 322 valence electrons. The molecular formula is C47H52F3N5O6. The lowest BCUT2D eigenvalue weighted by molar-refractivity contribution is -0.141. The Morgan fingerprint density at radius 1 is 0.885 bits per heavy atom. The molecule has 61 heavy (non-hydrogen) atoms. The zero-order valence-corrected chi connectivity index (χ0v) is 34.6. The Hall–Kier alpha value is -6.05. The van der Waals surface area contributed by atoms with Crippen molar-refractivity contribution in [2.75, 3.05) is 19.0 Å². The largest absolute Gasteiger partial charge is 0.497 e. The standard InChI is InChI=1S/C47H52F3N5O6/c1-4-30-5-9-32(10-6-30)33-13-15-34(16-14-33)38-25-51-44(52-26-38)35-11-7-31(8-12-35)27-55(28-43(57)53-29(2)46(59)60)45(58)36-17-20-39(21-18-36)54-42(56)23-37-19-22-40(61-3)24-41(37)47(48,49)50/h7-8,11-12,15,17-22,24-26,29-30,32-33H,4-6,9-10,13-14,16,23,27-28H2,1-3H3,(H,53,57)(H,54,56)(H,59,60)/t29-,30-,32-,33?/m1/s1. The molecular weight excluding hydrogens is 788 g/mol. The molecule has 0 saturated heterocycles. The van der Waals surface area contributed by atoms with Crippen LogP contribution >= 0.6 is 0 Å². The summed E-state index contributed by atoms with van der Waals surface area (Å²) in [6, 6.07) is 15.1. The first-order valence-corrected chi connectivity index (χ1v) is 20.8. The van der Waals surface area contributed by atoms with E-state index in [1.807, 2.05) is 24.5 Å². The quantitative estimate of drug-likeness (QED) is 0.107. The molecule has 1 saturated carbocycles. The van der Waals surface area contributed by atoms with Crippen LogP contribution < -0.4 is 15.4 Å². The highest BCUT2D eigenvalue weighted by molar-refractivity contribution is 5.98. The van der Waals surface area contributed by atoms with Crippen LogP contribution in [0.5, 0.6) is 5.75 Å². The summed E-state index contributed by atoms with van der Waals surface area (Å²) in [6.07, 6.45) is 10.9. The zero-order valence-electron chi connectivity index (χ0n) is 34.6. The van der Waals surface area contributed by atoms with Crippen LogP contribution in [0.25, 0.3) is 17.0 Å². The van der Waals surface area contributed by atoms with Gasteiger partial charge in [0.25, 0.3) is 5.91 Å². The van der Waals surface area contributed by atoms with Crippen molar-refractivity contribution < 1.29 is 42.2 Å². The molecule has 1 unspecified atom stereocenters. The van der Waals surface area contributed by atoms with Gasteiger partial charge < -0.3 is 25.4 Å². The molecule has 0 radical (unpaired) electrons. The maximum Gasteiger partial charge on any atom is 0.416 e. The number of hydrogen-bond acceptors (Lipinski definition) is 7. The summed E-state index contributed by atoms with van der Waals surface area (Å²) in [5.74, 6) is -0.139. The van der Waals surface area contributed by atoms with Gasteiger partial charge in [0.1, 0.15) is 18.3 Å². The number of aliphatic carboxylic acids is 1. The van der Waals surface area contributed by atoms with Gasteiger partial charge in [-0.1, -0.05) is 62.6 Å². The van der Waals surface area contributed by atoms with Crippen LogP contribution in [0.2, 0.25) is 0 Å². The minimum atomic E-state index is -4.70. The van der Waals surface area contributed by atoms with Crippen LogP contribution in [-0.4, -0.2) is 63.4 Å². The number of nitrogens with one attached hydrogen (secondary N) is 2. The number of aromatic nitrogens is 2. The number of nitrogens with zero attached hydrogens (tertiary/aromatic N) is 3. The van der Waals surface area contributed by atoms with Crippen LogP contribution in [0.3, 0.4) is 0 Å². The molecule has 2 aliphatic carbocycles. The Bertz CT molecular complexity index is 2200. The number of carboxylic acid groups (broad SMARTS) is 1. The summed E-state index contributed by atoms with van der Waals surface area (Å²) in [6.45, 7) is 3.15. The van der Waals surface area contributed by atoms with E-state index < -0.39 is 54.4 Å². The summed E-state index contributed by atoms with van der Waals surface area (Å²) in [5, 5.41) is 14.2. The van der Waals surface area contributed by atoms with E-state index in [0.29, 0.717) is 11.4 Å². The number of alkyl halides is 3. The number of hydrogen-bond donors (Lipinski definition) is 3. The van der Waals surface area contributed by atoms with E-state index in [-0.39, 0.29) is 29.1 Å². The van der Waals surface area contributed by atoms with E-state index in [1.54, 1.807) is 12.1 Å². The lowest BCUT2D eigenvalue weighted by Crippen LogP contribution is -2.45. The number of carbonyl (C=O) groups is 4. The van der Waals surface area contributed by atoms with E-state index >= 15 is 0 Å². The summed E-state index contributed by atoms with van der Waals surface area (Å²) < 4.78 is 45.9. The molecule has 14 heteroatoms. The monoisotopic (exact) mass is 839 g/mol. The number of ether oxygens (including phenoxy) is 1. The van der Waals surface area contributed by atoms with Crippen LogP contribution in [0.4, 0.5) is 18.9 Å². The normalized spacial score (nSPS) is 18.3. The number of carboxylic acids is 1. The first-order valence-electron chi connectivity index (χ1n) is 20.8. The van der Waals surface area contributed by atoms with Gasteiger partial charge in [-0.05, 0) is 110 Å². The second-order valence-corrected chi connectivity index (χ2v) is 16.1. The molecule has 2 atom stereocenters. The Morgan fingerprint density at radius 2 is 1.57 bits per heavy atom. The number of rotatable bonds is 15. The number of allylic oxidation sites excluding steroid dienone is 2. The summed E-state index contributed by atoms with van der Waals surface area (Å²) in [4.78, 5) is 61.5. The number of amides is 3. The smallest absolute Gasteiger partial charge is 0.416 e. The predicted octanol–water partition coefficient (Wildman–Crippen LogP) is 8.98. The fourth-order valence-corrected chi connectivity index (χ4v) is 8.31.